The Balaban J connectivity index is 2.08. The topological polar surface area (TPSA) is 29.1 Å². The summed E-state index contributed by atoms with van der Waals surface area (Å²) in [5.74, 6) is -0.00106. The molecule has 0 aliphatic heterocycles. The summed E-state index contributed by atoms with van der Waals surface area (Å²) < 4.78 is 0.964. The van der Waals surface area contributed by atoms with E-state index in [-0.39, 0.29) is 5.91 Å². The number of anilines is 1. The second-order valence-electron chi connectivity index (χ2n) is 4.63. The SMILES string of the molecule is Cc1ccc(NC(=O)Cc2ccccc2Br)c(C)c1. The number of hydrogen-bond donors (Lipinski definition) is 1. The van der Waals surface area contributed by atoms with Crippen LogP contribution >= 0.6 is 15.9 Å². The molecule has 0 atom stereocenters. The maximum Gasteiger partial charge on any atom is 0.228 e. The molecule has 0 aliphatic rings. The fourth-order valence-corrected chi connectivity index (χ4v) is 2.39. The number of hydrogen-bond acceptors (Lipinski definition) is 1. The number of aryl methyl sites for hydroxylation is 2. The number of rotatable bonds is 3. The molecule has 0 fully saturated rings. The quantitative estimate of drug-likeness (QED) is 0.901. The van der Waals surface area contributed by atoms with Crippen LogP contribution in [0.4, 0.5) is 5.69 Å². The van der Waals surface area contributed by atoms with Gasteiger partial charge in [-0.05, 0) is 37.1 Å². The molecule has 0 heterocycles. The molecule has 19 heavy (non-hydrogen) atoms. The van der Waals surface area contributed by atoms with E-state index in [0.29, 0.717) is 6.42 Å². The summed E-state index contributed by atoms with van der Waals surface area (Å²) in [6.45, 7) is 4.04. The number of carbonyl (C=O) groups excluding carboxylic acids is 1. The van der Waals surface area contributed by atoms with Crippen molar-refractivity contribution >= 4 is 27.5 Å². The van der Waals surface area contributed by atoms with Crippen molar-refractivity contribution < 1.29 is 4.79 Å². The summed E-state index contributed by atoms with van der Waals surface area (Å²) in [6.07, 6.45) is 0.370. The molecular formula is C16H16BrNO. The molecule has 2 rings (SSSR count). The zero-order valence-corrected chi connectivity index (χ0v) is 12.6. The molecule has 0 spiro atoms. The summed E-state index contributed by atoms with van der Waals surface area (Å²) in [4.78, 5) is 12.0. The van der Waals surface area contributed by atoms with E-state index in [1.54, 1.807) is 0 Å². The van der Waals surface area contributed by atoms with Gasteiger partial charge in [0, 0.05) is 10.2 Å². The van der Waals surface area contributed by atoms with Crippen LogP contribution in [-0.2, 0) is 11.2 Å². The van der Waals surface area contributed by atoms with Gasteiger partial charge in [0.05, 0.1) is 6.42 Å². The van der Waals surface area contributed by atoms with Crippen LogP contribution in [0.3, 0.4) is 0 Å². The van der Waals surface area contributed by atoms with Crippen molar-refractivity contribution in [2.75, 3.05) is 5.32 Å². The van der Waals surface area contributed by atoms with Gasteiger partial charge in [-0.3, -0.25) is 4.79 Å². The van der Waals surface area contributed by atoms with Gasteiger partial charge in [0.1, 0.15) is 0 Å². The van der Waals surface area contributed by atoms with Crippen LogP contribution in [0.2, 0.25) is 0 Å². The Bertz CT molecular complexity index is 607. The van der Waals surface area contributed by atoms with E-state index in [1.165, 1.54) is 5.56 Å². The minimum absolute atomic E-state index is 0.00106. The highest BCUT2D eigenvalue weighted by atomic mass is 79.9. The van der Waals surface area contributed by atoms with E-state index in [1.807, 2.05) is 50.2 Å². The summed E-state index contributed by atoms with van der Waals surface area (Å²) in [7, 11) is 0. The van der Waals surface area contributed by atoms with Gasteiger partial charge in [-0.2, -0.15) is 0 Å². The Hall–Kier alpha value is -1.61. The minimum atomic E-state index is -0.00106. The van der Waals surface area contributed by atoms with Crippen LogP contribution in [0.15, 0.2) is 46.9 Å². The van der Waals surface area contributed by atoms with Crippen LogP contribution in [0, 0.1) is 13.8 Å². The van der Waals surface area contributed by atoms with Gasteiger partial charge in [-0.25, -0.2) is 0 Å². The highest BCUT2D eigenvalue weighted by molar-refractivity contribution is 9.10. The lowest BCUT2D eigenvalue weighted by molar-refractivity contribution is -0.115. The largest absolute Gasteiger partial charge is 0.326 e. The second kappa shape index (κ2) is 6.02. The molecule has 1 amide bonds. The maximum absolute atomic E-state index is 12.0. The molecule has 2 aromatic carbocycles. The number of carbonyl (C=O) groups is 1. The van der Waals surface area contributed by atoms with Crippen LogP contribution in [-0.4, -0.2) is 5.91 Å². The van der Waals surface area contributed by atoms with Crippen LogP contribution in [0.5, 0.6) is 0 Å². The van der Waals surface area contributed by atoms with Gasteiger partial charge in [-0.1, -0.05) is 51.8 Å². The zero-order chi connectivity index (χ0) is 13.8. The lowest BCUT2D eigenvalue weighted by Crippen LogP contribution is -2.15. The molecule has 2 nitrogen and oxygen atoms in total. The van der Waals surface area contributed by atoms with Crippen molar-refractivity contribution in [3.63, 3.8) is 0 Å². The number of benzene rings is 2. The Morgan fingerprint density at radius 2 is 1.89 bits per heavy atom. The van der Waals surface area contributed by atoms with E-state index in [2.05, 4.69) is 27.3 Å². The van der Waals surface area contributed by atoms with Crippen LogP contribution < -0.4 is 5.32 Å². The Morgan fingerprint density at radius 1 is 1.16 bits per heavy atom. The van der Waals surface area contributed by atoms with Gasteiger partial charge >= 0.3 is 0 Å². The van der Waals surface area contributed by atoms with Crippen LogP contribution in [0.1, 0.15) is 16.7 Å². The monoisotopic (exact) mass is 317 g/mol. The van der Waals surface area contributed by atoms with Crippen molar-refractivity contribution in [2.24, 2.45) is 0 Å². The summed E-state index contributed by atoms with van der Waals surface area (Å²) in [5, 5.41) is 2.95. The van der Waals surface area contributed by atoms with E-state index in [4.69, 9.17) is 0 Å². The van der Waals surface area contributed by atoms with E-state index < -0.39 is 0 Å². The summed E-state index contributed by atoms with van der Waals surface area (Å²) in [5.41, 5.74) is 4.15. The normalized spacial score (nSPS) is 10.3. The molecule has 98 valence electrons. The smallest absolute Gasteiger partial charge is 0.228 e. The van der Waals surface area contributed by atoms with Crippen molar-refractivity contribution in [2.45, 2.75) is 20.3 Å². The Kier molecular flexibility index (Phi) is 4.38. The average molecular weight is 318 g/mol. The van der Waals surface area contributed by atoms with Crippen molar-refractivity contribution in [1.82, 2.24) is 0 Å². The number of amides is 1. The standard InChI is InChI=1S/C16H16BrNO/c1-11-7-8-15(12(2)9-11)18-16(19)10-13-5-3-4-6-14(13)17/h3-9H,10H2,1-2H3,(H,18,19). The van der Waals surface area contributed by atoms with Crippen LogP contribution in [0.25, 0.3) is 0 Å². The minimum Gasteiger partial charge on any atom is -0.326 e. The van der Waals surface area contributed by atoms with Crippen molar-refractivity contribution in [3.8, 4) is 0 Å². The predicted octanol–water partition coefficient (Wildman–Crippen LogP) is 4.25. The van der Waals surface area contributed by atoms with Gasteiger partial charge in [-0.15, -0.1) is 0 Å². The third-order valence-electron chi connectivity index (χ3n) is 2.96. The predicted molar refractivity (Wildman–Crippen MR) is 82.4 cm³/mol. The third kappa shape index (κ3) is 3.67. The third-order valence-corrected chi connectivity index (χ3v) is 3.74. The first-order valence-electron chi connectivity index (χ1n) is 6.17. The van der Waals surface area contributed by atoms with Gasteiger partial charge in [0.2, 0.25) is 5.91 Å². The molecule has 3 heteroatoms. The Labute approximate surface area is 122 Å². The van der Waals surface area contributed by atoms with Crippen molar-refractivity contribution in [1.29, 1.82) is 0 Å². The fourth-order valence-electron chi connectivity index (χ4n) is 1.96. The molecule has 0 aliphatic carbocycles. The Morgan fingerprint density at radius 3 is 2.58 bits per heavy atom. The second-order valence-corrected chi connectivity index (χ2v) is 5.49. The van der Waals surface area contributed by atoms with E-state index in [0.717, 1.165) is 21.3 Å². The molecule has 1 N–H and O–H groups in total. The zero-order valence-electron chi connectivity index (χ0n) is 11.0. The molecule has 0 radical (unpaired) electrons. The molecular weight excluding hydrogens is 302 g/mol. The highest BCUT2D eigenvalue weighted by Crippen LogP contribution is 2.19. The van der Waals surface area contributed by atoms with Crippen molar-refractivity contribution in [3.05, 3.63) is 63.6 Å². The average Bonchev–Trinajstić information content (AvgIpc) is 2.36. The highest BCUT2D eigenvalue weighted by Gasteiger charge is 2.08. The van der Waals surface area contributed by atoms with E-state index in [9.17, 15) is 4.79 Å². The molecule has 2 aromatic rings. The van der Waals surface area contributed by atoms with Gasteiger partial charge < -0.3 is 5.32 Å². The lowest BCUT2D eigenvalue weighted by Gasteiger charge is -2.10. The molecule has 0 unspecified atom stereocenters. The molecule has 0 bridgehead atoms. The first-order valence-corrected chi connectivity index (χ1v) is 6.96. The van der Waals surface area contributed by atoms with E-state index >= 15 is 0 Å². The fraction of sp³-hybridized carbons (Fsp3) is 0.188. The maximum atomic E-state index is 12.0. The summed E-state index contributed by atoms with van der Waals surface area (Å²) >= 11 is 3.45. The van der Waals surface area contributed by atoms with Gasteiger partial charge in [0.25, 0.3) is 0 Å². The summed E-state index contributed by atoms with van der Waals surface area (Å²) in [6, 6.07) is 13.8. The first-order chi connectivity index (χ1) is 9.06. The first kappa shape index (κ1) is 13.8. The molecule has 0 aromatic heterocycles. The molecule has 0 saturated heterocycles. The van der Waals surface area contributed by atoms with Gasteiger partial charge in [0.15, 0.2) is 0 Å². The molecule has 0 saturated carbocycles. The number of nitrogens with one attached hydrogen (secondary N) is 1. The lowest BCUT2D eigenvalue weighted by atomic mass is 10.1. The number of halogens is 1.